The van der Waals surface area contributed by atoms with E-state index in [1.807, 2.05) is 6.92 Å². The maximum atomic E-state index is 12.9. The molecule has 0 heterocycles. The number of hydrogen-bond acceptors (Lipinski definition) is 4. The highest BCUT2D eigenvalue weighted by atomic mass is 79.9. The molecule has 0 amide bonds. The van der Waals surface area contributed by atoms with Gasteiger partial charge in [0, 0.05) is 20.3 Å². The Morgan fingerprint density at radius 2 is 1.83 bits per heavy atom. The Labute approximate surface area is 114 Å². The first kappa shape index (κ1) is 17.0. The maximum Gasteiger partial charge on any atom is 0.154 e. The SMILES string of the molecule is COC(C)OC.COc1cc(F)c(C=O)cc1Br. The van der Waals surface area contributed by atoms with E-state index in [0.717, 1.165) is 6.07 Å². The van der Waals surface area contributed by atoms with Crippen molar-refractivity contribution < 1.29 is 23.4 Å². The van der Waals surface area contributed by atoms with Gasteiger partial charge in [0.1, 0.15) is 11.6 Å². The Kier molecular flexibility index (Phi) is 8.53. The lowest BCUT2D eigenvalue weighted by atomic mass is 10.2. The molecule has 0 radical (unpaired) electrons. The van der Waals surface area contributed by atoms with E-state index in [1.165, 1.54) is 13.2 Å². The third-order valence-corrected chi connectivity index (χ3v) is 2.68. The lowest BCUT2D eigenvalue weighted by Crippen LogP contribution is -2.05. The smallest absolute Gasteiger partial charge is 0.154 e. The highest BCUT2D eigenvalue weighted by molar-refractivity contribution is 9.10. The molecule has 1 aromatic carbocycles. The number of rotatable bonds is 4. The van der Waals surface area contributed by atoms with E-state index in [4.69, 9.17) is 4.74 Å². The van der Waals surface area contributed by atoms with Crippen LogP contribution < -0.4 is 4.74 Å². The maximum absolute atomic E-state index is 12.9. The first-order chi connectivity index (χ1) is 8.49. The number of ether oxygens (including phenoxy) is 3. The zero-order valence-corrected chi connectivity index (χ0v) is 12.3. The molecule has 0 atom stereocenters. The second-order valence-corrected chi connectivity index (χ2v) is 4.02. The van der Waals surface area contributed by atoms with Crippen LogP contribution in [0.4, 0.5) is 4.39 Å². The molecule has 0 fully saturated rings. The largest absolute Gasteiger partial charge is 0.495 e. The molecule has 1 aromatic rings. The first-order valence-electron chi connectivity index (χ1n) is 5.03. The second kappa shape index (κ2) is 9.02. The van der Waals surface area contributed by atoms with Gasteiger partial charge in [-0.2, -0.15) is 0 Å². The summed E-state index contributed by atoms with van der Waals surface area (Å²) in [6.07, 6.45) is 0.393. The van der Waals surface area contributed by atoms with Crippen LogP contribution in [0.5, 0.6) is 5.75 Å². The normalized spacial score (nSPS) is 9.72. The number of carbonyl (C=O) groups is 1. The lowest BCUT2D eigenvalue weighted by Gasteiger charge is -2.03. The van der Waals surface area contributed by atoms with Gasteiger partial charge >= 0.3 is 0 Å². The summed E-state index contributed by atoms with van der Waals surface area (Å²) in [5.74, 6) is -0.205. The molecule has 4 nitrogen and oxygen atoms in total. The van der Waals surface area contributed by atoms with Crippen molar-refractivity contribution >= 4 is 22.2 Å². The Bertz CT molecular complexity index is 381. The van der Waals surface area contributed by atoms with Crippen molar-refractivity contribution in [1.29, 1.82) is 0 Å². The van der Waals surface area contributed by atoms with Gasteiger partial charge in [-0.1, -0.05) is 0 Å². The van der Waals surface area contributed by atoms with Crippen LogP contribution in [0.1, 0.15) is 17.3 Å². The van der Waals surface area contributed by atoms with Crippen LogP contribution in [0.15, 0.2) is 16.6 Å². The minimum atomic E-state index is -0.579. The van der Waals surface area contributed by atoms with E-state index in [1.54, 1.807) is 14.2 Å². The highest BCUT2D eigenvalue weighted by Crippen LogP contribution is 2.26. The number of aldehydes is 1. The van der Waals surface area contributed by atoms with E-state index in [-0.39, 0.29) is 11.9 Å². The number of carbonyl (C=O) groups excluding carboxylic acids is 1. The predicted octanol–water partition coefficient (Wildman–Crippen LogP) is 3.03. The van der Waals surface area contributed by atoms with Crippen LogP contribution >= 0.6 is 15.9 Å². The Balaban J connectivity index is 0.000000411. The molecule has 6 heteroatoms. The van der Waals surface area contributed by atoms with E-state index in [2.05, 4.69) is 25.4 Å². The van der Waals surface area contributed by atoms with Gasteiger partial charge in [-0.3, -0.25) is 4.79 Å². The summed E-state index contributed by atoms with van der Waals surface area (Å²) in [6.45, 7) is 1.83. The Morgan fingerprint density at radius 3 is 2.17 bits per heavy atom. The molecule has 0 N–H and O–H groups in total. The molecule has 0 aliphatic rings. The fourth-order valence-corrected chi connectivity index (χ4v) is 1.41. The van der Waals surface area contributed by atoms with Crippen LogP contribution in [-0.4, -0.2) is 33.9 Å². The van der Waals surface area contributed by atoms with Crippen molar-refractivity contribution in [3.8, 4) is 5.75 Å². The van der Waals surface area contributed by atoms with E-state index < -0.39 is 5.82 Å². The first-order valence-corrected chi connectivity index (χ1v) is 5.83. The van der Waals surface area contributed by atoms with Crippen molar-refractivity contribution in [2.75, 3.05) is 21.3 Å². The van der Waals surface area contributed by atoms with Crippen molar-refractivity contribution in [2.24, 2.45) is 0 Å². The summed E-state index contributed by atoms with van der Waals surface area (Å²) in [7, 11) is 4.64. The molecule has 0 bridgehead atoms. The van der Waals surface area contributed by atoms with Crippen LogP contribution in [0.2, 0.25) is 0 Å². The quantitative estimate of drug-likeness (QED) is 0.631. The van der Waals surface area contributed by atoms with Crippen molar-refractivity contribution in [2.45, 2.75) is 13.2 Å². The summed E-state index contributed by atoms with van der Waals surface area (Å²) >= 11 is 3.13. The number of halogens is 2. The number of benzene rings is 1. The van der Waals surface area contributed by atoms with Gasteiger partial charge in [0.25, 0.3) is 0 Å². The lowest BCUT2D eigenvalue weighted by molar-refractivity contribution is -0.0877. The van der Waals surface area contributed by atoms with Crippen LogP contribution in [0.3, 0.4) is 0 Å². The van der Waals surface area contributed by atoms with E-state index in [0.29, 0.717) is 16.5 Å². The predicted molar refractivity (Wildman–Crippen MR) is 69.5 cm³/mol. The van der Waals surface area contributed by atoms with Gasteiger partial charge in [0.05, 0.1) is 17.1 Å². The average Bonchev–Trinajstić information content (AvgIpc) is 2.40. The molecular weight excluding hydrogens is 307 g/mol. The Hall–Kier alpha value is -0.980. The molecule has 0 aromatic heterocycles. The number of methoxy groups -OCH3 is 3. The molecule has 0 unspecified atom stereocenters. The molecule has 0 aliphatic carbocycles. The standard InChI is InChI=1S/C8H6BrFO2.C4H10O2/c1-12-8-3-7(10)5(4-11)2-6(8)9;1-4(5-2)6-3/h2-4H,1H3;4H,1-3H3. The minimum absolute atomic E-state index is 0.0164. The molecule has 0 saturated heterocycles. The Morgan fingerprint density at radius 1 is 1.28 bits per heavy atom. The topological polar surface area (TPSA) is 44.8 Å². The molecule has 0 spiro atoms. The van der Waals surface area contributed by atoms with Gasteiger partial charge in [0.2, 0.25) is 0 Å². The summed E-state index contributed by atoms with van der Waals surface area (Å²) in [4.78, 5) is 10.3. The zero-order valence-electron chi connectivity index (χ0n) is 10.7. The molecule has 102 valence electrons. The molecule has 0 saturated carbocycles. The van der Waals surface area contributed by atoms with Gasteiger partial charge < -0.3 is 14.2 Å². The number of hydrogen-bond donors (Lipinski definition) is 0. The highest BCUT2D eigenvalue weighted by Gasteiger charge is 2.07. The van der Waals surface area contributed by atoms with Gasteiger partial charge in [0.15, 0.2) is 12.6 Å². The molecule has 0 aliphatic heterocycles. The minimum Gasteiger partial charge on any atom is -0.495 e. The molecule has 1 rings (SSSR count). The van der Waals surface area contributed by atoms with Crippen LogP contribution in [-0.2, 0) is 9.47 Å². The fraction of sp³-hybridized carbons (Fsp3) is 0.417. The van der Waals surface area contributed by atoms with Gasteiger partial charge in [-0.25, -0.2) is 4.39 Å². The third-order valence-electron chi connectivity index (χ3n) is 2.06. The van der Waals surface area contributed by atoms with Crippen molar-refractivity contribution in [3.63, 3.8) is 0 Å². The van der Waals surface area contributed by atoms with Crippen molar-refractivity contribution in [1.82, 2.24) is 0 Å². The summed E-state index contributed by atoms with van der Waals surface area (Å²) in [5, 5.41) is 0. The fourth-order valence-electron chi connectivity index (χ4n) is 0.887. The molecular formula is C12H16BrFO4. The summed E-state index contributed by atoms with van der Waals surface area (Å²) in [5.41, 5.74) is 0.0164. The third kappa shape index (κ3) is 5.57. The summed E-state index contributed by atoms with van der Waals surface area (Å²) in [6, 6.07) is 2.54. The monoisotopic (exact) mass is 322 g/mol. The van der Waals surface area contributed by atoms with Crippen LogP contribution in [0, 0.1) is 5.82 Å². The van der Waals surface area contributed by atoms with Gasteiger partial charge in [-0.15, -0.1) is 0 Å². The van der Waals surface area contributed by atoms with Crippen LogP contribution in [0.25, 0.3) is 0 Å². The van der Waals surface area contributed by atoms with Gasteiger partial charge in [-0.05, 0) is 28.9 Å². The second-order valence-electron chi connectivity index (χ2n) is 3.17. The molecule has 18 heavy (non-hydrogen) atoms. The average molecular weight is 323 g/mol. The zero-order chi connectivity index (χ0) is 14.1. The summed E-state index contributed by atoms with van der Waals surface area (Å²) < 4.78 is 27.6. The van der Waals surface area contributed by atoms with Crippen molar-refractivity contribution in [3.05, 3.63) is 28.0 Å². The van der Waals surface area contributed by atoms with E-state index in [9.17, 15) is 9.18 Å². The van der Waals surface area contributed by atoms with E-state index >= 15 is 0 Å².